The topological polar surface area (TPSA) is 265 Å². The zero-order valence-corrected chi connectivity index (χ0v) is 41.2. The first-order chi connectivity index (χ1) is 35.0. The lowest BCUT2D eigenvalue weighted by Gasteiger charge is -2.22. The van der Waals surface area contributed by atoms with E-state index in [0.717, 1.165) is 21.3 Å². The molecule has 0 saturated carbocycles. The molecule has 73 heavy (non-hydrogen) atoms. The van der Waals surface area contributed by atoms with Gasteiger partial charge in [-0.05, 0) is 86.5 Å². The summed E-state index contributed by atoms with van der Waals surface area (Å²) in [5.74, 6) is -3.56. The average molecular weight is 1020 g/mol. The van der Waals surface area contributed by atoms with Gasteiger partial charge < -0.3 is 45.5 Å². The molecule has 1 fully saturated rings. The number of ether oxygens (including phenoxy) is 2. The monoisotopic (exact) mass is 1020 g/mol. The minimum Gasteiger partial charge on any atom is -0.493 e. The summed E-state index contributed by atoms with van der Waals surface area (Å²) in [5, 5.41) is 15.4. The van der Waals surface area contributed by atoms with Gasteiger partial charge in [-0.25, -0.2) is 4.79 Å². The third-order valence-electron chi connectivity index (χ3n) is 12.2. The number of amides is 8. The maximum atomic E-state index is 13.7. The van der Waals surface area contributed by atoms with E-state index in [4.69, 9.17) is 14.3 Å². The van der Waals surface area contributed by atoms with Crippen LogP contribution in [0.15, 0.2) is 77.9 Å². The Morgan fingerprint density at radius 3 is 2.30 bits per heavy atom. The van der Waals surface area contributed by atoms with Gasteiger partial charge in [0.15, 0.2) is 11.5 Å². The van der Waals surface area contributed by atoms with Crippen molar-refractivity contribution in [3.8, 4) is 11.5 Å². The number of imide groups is 1. The predicted octanol–water partition coefficient (Wildman–Crippen LogP) is 5.70. The highest BCUT2D eigenvalue weighted by atomic mass is 32.1. The van der Waals surface area contributed by atoms with Crippen molar-refractivity contribution in [2.75, 3.05) is 34.6 Å². The Balaban J connectivity index is 0.752. The Morgan fingerprint density at radius 2 is 1.52 bits per heavy atom. The van der Waals surface area contributed by atoms with E-state index in [0.29, 0.717) is 57.0 Å². The molecule has 8 amide bonds. The molecule has 8 rings (SSSR count). The second kappa shape index (κ2) is 22.4. The molecule has 2 aromatic heterocycles. The number of anilines is 4. The van der Waals surface area contributed by atoms with E-state index in [9.17, 15) is 43.2 Å². The molecular weight excluding hydrogens is 963 g/mol. The number of methoxy groups -OCH3 is 1. The van der Waals surface area contributed by atoms with Gasteiger partial charge in [0.2, 0.25) is 23.6 Å². The van der Waals surface area contributed by atoms with Gasteiger partial charge in [-0.1, -0.05) is 18.2 Å². The number of hydroxylamine groups is 2. The maximum Gasteiger partial charge on any atom is 0.333 e. The van der Waals surface area contributed by atoms with Crippen LogP contribution >= 0.6 is 11.3 Å². The van der Waals surface area contributed by atoms with Crippen LogP contribution in [0.3, 0.4) is 0 Å². The lowest BCUT2D eigenvalue weighted by atomic mass is 10.1. The fourth-order valence-corrected chi connectivity index (χ4v) is 9.38. The summed E-state index contributed by atoms with van der Waals surface area (Å²) < 4.78 is 14.0. The van der Waals surface area contributed by atoms with Gasteiger partial charge in [0, 0.05) is 80.1 Å². The second-order valence-corrected chi connectivity index (χ2v) is 18.8. The molecule has 22 heteroatoms. The van der Waals surface area contributed by atoms with Crippen molar-refractivity contribution in [2.45, 2.75) is 89.8 Å². The summed E-state index contributed by atoms with van der Waals surface area (Å²) >= 11 is 1.29. The summed E-state index contributed by atoms with van der Waals surface area (Å²) in [4.78, 5) is 125. The molecule has 5 N–H and O–H groups in total. The number of aliphatic imine (C=N–C) groups is 1. The summed E-state index contributed by atoms with van der Waals surface area (Å²) in [6.07, 6.45) is 4.97. The Labute approximate surface area is 422 Å². The molecule has 0 spiro atoms. The van der Waals surface area contributed by atoms with Crippen LogP contribution in [0.1, 0.15) is 91.6 Å². The molecule has 3 atom stereocenters. The van der Waals surface area contributed by atoms with Crippen LogP contribution in [0.4, 0.5) is 27.8 Å². The van der Waals surface area contributed by atoms with Crippen LogP contribution in [0.5, 0.6) is 11.5 Å². The third-order valence-corrected chi connectivity index (χ3v) is 13.3. The number of rotatable bonds is 20. The number of fused-ring (bicyclic) bond motifs is 5. The van der Waals surface area contributed by atoms with Crippen molar-refractivity contribution in [2.24, 2.45) is 12.0 Å². The Bertz CT molecular complexity index is 3060. The SMILES string of the molecule is COc1cc2c(cc1OCCCC(=O)Nc1cc(C(=O)Nc3ccc4sc(NC(=O)[C@H](C)NC(=O)[C@H](C)NC(=O)CCCCC(=O)ON5C(=O)CCC5=O)cc4c3)n(C)c1)N=C[C@@H]1Cc3ccccc3N1C2=O. The van der Waals surface area contributed by atoms with Gasteiger partial charge in [-0.15, -0.1) is 16.4 Å². The smallest absolute Gasteiger partial charge is 0.333 e. The fraction of sp³-hybridized carbons (Fsp3) is 0.333. The van der Waals surface area contributed by atoms with Crippen LogP contribution in [0, 0.1) is 0 Å². The number of carbonyl (C=O) groups excluding carboxylic acids is 9. The Kier molecular flexibility index (Phi) is 15.6. The highest BCUT2D eigenvalue weighted by Gasteiger charge is 2.37. The van der Waals surface area contributed by atoms with E-state index in [1.165, 1.54) is 32.3 Å². The molecule has 0 aliphatic carbocycles. The van der Waals surface area contributed by atoms with Crippen molar-refractivity contribution in [1.29, 1.82) is 0 Å². The molecule has 380 valence electrons. The molecule has 3 aromatic carbocycles. The van der Waals surface area contributed by atoms with Crippen molar-refractivity contribution in [3.63, 3.8) is 0 Å². The third kappa shape index (κ3) is 12.0. The van der Waals surface area contributed by atoms with E-state index >= 15 is 0 Å². The van der Waals surface area contributed by atoms with Crippen LogP contribution in [0.25, 0.3) is 10.1 Å². The number of aryl methyl sites for hydroxylation is 1. The van der Waals surface area contributed by atoms with Crippen molar-refractivity contribution in [1.82, 2.24) is 20.3 Å². The first-order valence-corrected chi connectivity index (χ1v) is 24.5. The van der Waals surface area contributed by atoms with Crippen LogP contribution in [-0.2, 0) is 51.9 Å². The van der Waals surface area contributed by atoms with Gasteiger partial charge in [0.1, 0.15) is 17.8 Å². The normalized spacial score (nSPS) is 15.4. The number of para-hydroxylation sites is 1. The van der Waals surface area contributed by atoms with E-state index in [1.54, 1.807) is 71.4 Å². The summed E-state index contributed by atoms with van der Waals surface area (Å²) in [6, 6.07) is 17.6. The maximum absolute atomic E-state index is 13.7. The van der Waals surface area contributed by atoms with Gasteiger partial charge in [-0.2, -0.15) is 0 Å². The van der Waals surface area contributed by atoms with Gasteiger partial charge >= 0.3 is 5.97 Å². The first kappa shape index (κ1) is 51.0. The lowest BCUT2D eigenvalue weighted by molar-refractivity contribution is -0.197. The van der Waals surface area contributed by atoms with Crippen molar-refractivity contribution >= 4 is 109 Å². The molecule has 0 unspecified atom stereocenters. The number of carbonyl (C=O) groups is 9. The van der Waals surface area contributed by atoms with Gasteiger partial charge in [0.05, 0.1) is 41.7 Å². The van der Waals surface area contributed by atoms with Crippen LogP contribution in [0.2, 0.25) is 0 Å². The van der Waals surface area contributed by atoms with Crippen LogP contribution in [-0.4, -0.2) is 101 Å². The molecule has 0 radical (unpaired) electrons. The lowest BCUT2D eigenvalue weighted by Crippen LogP contribution is -2.50. The number of thiophene rings is 1. The predicted molar refractivity (Wildman–Crippen MR) is 270 cm³/mol. The highest BCUT2D eigenvalue weighted by Crippen LogP contribution is 2.41. The fourth-order valence-electron chi connectivity index (χ4n) is 8.44. The Morgan fingerprint density at radius 1 is 0.781 bits per heavy atom. The van der Waals surface area contributed by atoms with E-state index in [-0.39, 0.29) is 75.1 Å². The van der Waals surface area contributed by atoms with Crippen molar-refractivity contribution < 1.29 is 57.5 Å². The average Bonchev–Trinajstić information content (AvgIpc) is 4.11. The summed E-state index contributed by atoms with van der Waals surface area (Å²) in [5.41, 5.74) is 4.03. The molecule has 5 heterocycles. The molecule has 3 aliphatic heterocycles. The number of aromatic nitrogens is 1. The summed E-state index contributed by atoms with van der Waals surface area (Å²) in [6.45, 7) is 3.15. The zero-order chi connectivity index (χ0) is 51.9. The second-order valence-electron chi connectivity index (χ2n) is 17.7. The van der Waals surface area contributed by atoms with E-state index in [1.807, 2.05) is 24.3 Å². The van der Waals surface area contributed by atoms with E-state index < -0.39 is 53.5 Å². The zero-order valence-electron chi connectivity index (χ0n) is 40.4. The largest absolute Gasteiger partial charge is 0.493 e. The number of hydrogen-bond donors (Lipinski definition) is 5. The van der Waals surface area contributed by atoms with Gasteiger partial charge in [-0.3, -0.25) is 48.2 Å². The first-order valence-electron chi connectivity index (χ1n) is 23.6. The quantitative estimate of drug-likeness (QED) is 0.0464. The number of nitrogens with zero attached hydrogens (tertiary/aromatic N) is 4. The molecular formula is C51H53N9O12S. The van der Waals surface area contributed by atoms with Gasteiger partial charge in [0.25, 0.3) is 23.6 Å². The molecule has 3 aliphatic rings. The number of nitrogens with one attached hydrogen (secondary N) is 5. The standard InChI is InChI=1S/C51H53N9O12S/c1-28(53-42(61)12-7-8-14-47(65)72-60-45(63)17-18-46(60)64)48(66)54-29(2)49(67)57-44-22-31-20-32(15-16-41(31)73-44)56-50(68)38-23-33(27-58(38)3)55-43(62)13-9-19-71-40-25-36-35(24-39(40)70-4)51(69)59-34(26-52-36)21-30-10-5-6-11-37(30)59/h5-6,10-11,15-16,20,22-29,34H,7-9,12-14,17-19,21H2,1-4H3,(H,53,61)(H,54,66)(H,55,62)(H,56,68)(H,57,67)/t28-,29-,34-/m0/s1. The highest BCUT2D eigenvalue weighted by molar-refractivity contribution is 7.23. The van der Waals surface area contributed by atoms with Crippen molar-refractivity contribution in [3.05, 3.63) is 89.7 Å². The number of unbranched alkanes of at least 4 members (excludes halogenated alkanes) is 1. The molecule has 5 aromatic rings. The minimum atomic E-state index is -0.968. The number of benzene rings is 3. The Hall–Kier alpha value is -8.40. The van der Waals surface area contributed by atoms with E-state index in [2.05, 4.69) is 31.6 Å². The van der Waals surface area contributed by atoms with Crippen LogP contribution < -0.4 is 41.0 Å². The summed E-state index contributed by atoms with van der Waals surface area (Å²) in [7, 11) is 3.18. The molecule has 1 saturated heterocycles. The molecule has 21 nitrogen and oxygen atoms in total. The minimum absolute atomic E-state index is 0.00118. The molecule has 0 bridgehead atoms. The number of hydrogen-bond acceptors (Lipinski definition) is 14.